The summed E-state index contributed by atoms with van der Waals surface area (Å²) in [4.78, 5) is 19.3. The van der Waals surface area contributed by atoms with E-state index in [2.05, 4.69) is 9.72 Å². The van der Waals surface area contributed by atoms with Crippen molar-refractivity contribution in [2.75, 3.05) is 17.2 Å². The van der Waals surface area contributed by atoms with Crippen LogP contribution >= 0.6 is 23.1 Å². The molecule has 4 nitrogen and oxygen atoms in total. The number of alkyl halides is 2. The van der Waals surface area contributed by atoms with E-state index in [1.165, 1.54) is 6.07 Å². The Morgan fingerprint density at radius 1 is 1.43 bits per heavy atom. The maximum atomic E-state index is 12.6. The minimum atomic E-state index is -2.95. The van der Waals surface area contributed by atoms with Crippen LogP contribution in [0.3, 0.4) is 0 Å². The number of halogens is 2. The number of hydrogen-bond acceptors (Lipinski definition) is 5. The Balaban J connectivity index is 1.92. The van der Waals surface area contributed by atoms with Crippen molar-refractivity contribution in [1.29, 1.82) is 0 Å². The number of aromatic nitrogens is 1. The first-order chi connectivity index (χ1) is 10.2. The Labute approximate surface area is 127 Å². The fourth-order valence-corrected chi connectivity index (χ4v) is 3.77. The van der Waals surface area contributed by atoms with Gasteiger partial charge in [-0.05, 0) is 17.5 Å². The fraction of sp³-hybridized carbons (Fsp3) is 0.231. The summed E-state index contributed by atoms with van der Waals surface area (Å²) in [5, 5.41) is 1.56. The zero-order valence-corrected chi connectivity index (χ0v) is 12.3. The van der Waals surface area contributed by atoms with Crippen LogP contribution in [0, 0.1) is 0 Å². The molecule has 3 heterocycles. The molecule has 0 bridgehead atoms. The first-order valence-electron chi connectivity index (χ1n) is 6.08. The van der Waals surface area contributed by atoms with Crippen LogP contribution in [0.15, 0.2) is 34.8 Å². The molecule has 0 unspecified atom stereocenters. The third-order valence-electron chi connectivity index (χ3n) is 2.91. The standard InChI is InChI=1S/C13H10F2N2O2S2/c14-13(15)19-9-2-5-21-11(9)12(18)17-4-6-20-10-1-3-16-7-8(10)17/h1-3,5,7,13H,4,6H2. The Bertz CT molecular complexity index is 663. The number of carbonyl (C=O) groups excluding carboxylic acids is 1. The summed E-state index contributed by atoms with van der Waals surface area (Å²) in [6, 6.07) is 3.22. The van der Waals surface area contributed by atoms with Crippen molar-refractivity contribution in [3.8, 4) is 5.75 Å². The number of amides is 1. The molecule has 2 aromatic heterocycles. The van der Waals surface area contributed by atoms with Crippen molar-refractivity contribution >= 4 is 34.7 Å². The van der Waals surface area contributed by atoms with Crippen LogP contribution in [0.5, 0.6) is 5.75 Å². The van der Waals surface area contributed by atoms with Crippen molar-refractivity contribution in [3.05, 3.63) is 34.8 Å². The summed E-state index contributed by atoms with van der Waals surface area (Å²) < 4.78 is 29.1. The molecule has 1 amide bonds. The predicted molar refractivity (Wildman–Crippen MR) is 77.6 cm³/mol. The molecule has 8 heteroatoms. The molecule has 0 atom stereocenters. The number of carbonyl (C=O) groups is 1. The summed E-state index contributed by atoms with van der Waals surface area (Å²) in [5.41, 5.74) is 0.704. The highest BCUT2D eigenvalue weighted by atomic mass is 32.2. The van der Waals surface area contributed by atoms with Crippen molar-refractivity contribution < 1.29 is 18.3 Å². The van der Waals surface area contributed by atoms with E-state index in [0.717, 1.165) is 22.0 Å². The number of nitrogens with zero attached hydrogens (tertiary/aromatic N) is 2. The Kier molecular flexibility index (Phi) is 4.07. The number of thioether (sulfide) groups is 1. The van der Waals surface area contributed by atoms with Gasteiger partial charge in [-0.1, -0.05) is 0 Å². The number of hydrogen-bond donors (Lipinski definition) is 0. The summed E-state index contributed by atoms with van der Waals surface area (Å²) in [5.74, 6) is 0.331. The number of ether oxygens (including phenoxy) is 1. The second kappa shape index (κ2) is 5.98. The first kappa shape index (κ1) is 14.3. The van der Waals surface area contributed by atoms with E-state index in [0.29, 0.717) is 12.2 Å². The fourth-order valence-electron chi connectivity index (χ4n) is 2.04. The van der Waals surface area contributed by atoms with Gasteiger partial charge < -0.3 is 9.64 Å². The number of pyridine rings is 1. The highest BCUT2D eigenvalue weighted by Crippen LogP contribution is 2.36. The normalized spacial score (nSPS) is 14.1. The van der Waals surface area contributed by atoms with E-state index in [1.807, 2.05) is 6.07 Å². The van der Waals surface area contributed by atoms with E-state index in [9.17, 15) is 13.6 Å². The lowest BCUT2D eigenvalue weighted by molar-refractivity contribution is -0.0498. The topological polar surface area (TPSA) is 42.4 Å². The van der Waals surface area contributed by atoms with Crippen LogP contribution in [0.1, 0.15) is 9.67 Å². The van der Waals surface area contributed by atoms with Crippen LogP contribution in [0.25, 0.3) is 0 Å². The van der Waals surface area contributed by atoms with Crippen molar-refractivity contribution in [1.82, 2.24) is 4.98 Å². The van der Waals surface area contributed by atoms with Gasteiger partial charge in [0.2, 0.25) is 0 Å². The third kappa shape index (κ3) is 2.86. The van der Waals surface area contributed by atoms with Gasteiger partial charge in [0.25, 0.3) is 5.91 Å². The lowest BCUT2D eigenvalue weighted by Gasteiger charge is -2.28. The molecule has 0 spiro atoms. The maximum absolute atomic E-state index is 12.6. The van der Waals surface area contributed by atoms with E-state index >= 15 is 0 Å². The van der Waals surface area contributed by atoms with Crippen molar-refractivity contribution in [2.24, 2.45) is 0 Å². The van der Waals surface area contributed by atoms with Gasteiger partial charge in [0.1, 0.15) is 10.6 Å². The molecule has 0 saturated heterocycles. The molecule has 0 fully saturated rings. The molecule has 1 aliphatic rings. The molecule has 0 saturated carbocycles. The van der Waals surface area contributed by atoms with E-state index < -0.39 is 6.61 Å². The van der Waals surface area contributed by atoms with Gasteiger partial charge >= 0.3 is 6.61 Å². The summed E-state index contributed by atoms with van der Waals surface area (Å²) >= 11 is 2.73. The van der Waals surface area contributed by atoms with E-state index in [-0.39, 0.29) is 16.5 Å². The van der Waals surface area contributed by atoms with Gasteiger partial charge in [-0.25, -0.2) is 0 Å². The molecule has 21 heavy (non-hydrogen) atoms. The minimum Gasteiger partial charge on any atom is -0.433 e. The molecular weight excluding hydrogens is 318 g/mol. The van der Waals surface area contributed by atoms with Gasteiger partial charge in [0.15, 0.2) is 0 Å². The van der Waals surface area contributed by atoms with E-state index in [1.54, 1.807) is 34.4 Å². The Morgan fingerprint density at radius 3 is 3.10 bits per heavy atom. The van der Waals surface area contributed by atoms with Gasteiger partial charge in [0.05, 0.1) is 11.9 Å². The van der Waals surface area contributed by atoms with Gasteiger partial charge in [-0.2, -0.15) is 8.78 Å². The maximum Gasteiger partial charge on any atom is 0.387 e. The molecule has 110 valence electrons. The van der Waals surface area contributed by atoms with Crippen LogP contribution in [-0.4, -0.2) is 29.8 Å². The zero-order valence-electron chi connectivity index (χ0n) is 10.7. The Morgan fingerprint density at radius 2 is 2.29 bits per heavy atom. The molecule has 0 aromatic carbocycles. The number of fused-ring (bicyclic) bond motifs is 1. The van der Waals surface area contributed by atoms with Gasteiger partial charge in [0, 0.05) is 23.4 Å². The molecular formula is C13H10F2N2O2S2. The van der Waals surface area contributed by atoms with Crippen molar-refractivity contribution in [3.63, 3.8) is 0 Å². The number of anilines is 1. The van der Waals surface area contributed by atoms with Gasteiger partial charge in [-0.15, -0.1) is 23.1 Å². The molecule has 2 aromatic rings. The lowest BCUT2D eigenvalue weighted by atomic mass is 10.3. The quantitative estimate of drug-likeness (QED) is 0.865. The highest BCUT2D eigenvalue weighted by molar-refractivity contribution is 7.99. The smallest absolute Gasteiger partial charge is 0.387 e. The van der Waals surface area contributed by atoms with Crippen molar-refractivity contribution in [2.45, 2.75) is 11.5 Å². The van der Waals surface area contributed by atoms with Crippen LogP contribution < -0.4 is 9.64 Å². The SMILES string of the molecule is O=C(c1sccc1OC(F)F)N1CCSc2ccncc21. The summed E-state index contributed by atoms with van der Waals surface area (Å²) in [6.45, 7) is -2.44. The number of rotatable bonds is 3. The van der Waals surface area contributed by atoms with Crippen LogP contribution in [0.4, 0.5) is 14.5 Å². The summed E-state index contributed by atoms with van der Waals surface area (Å²) in [6.07, 6.45) is 3.27. The Hall–Kier alpha value is -1.67. The molecule has 0 aliphatic carbocycles. The second-order valence-corrected chi connectivity index (χ2v) is 6.19. The second-order valence-electron chi connectivity index (χ2n) is 4.14. The van der Waals surface area contributed by atoms with Crippen LogP contribution in [-0.2, 0) is 0 Å². The third-order valence-corrected chi connectivity index (χ3v) is 4.84. The first-order valence-corrected chi connectivity index (χ1v) is 7.94. The predicted octanol–water partition coefficient (Wildman–Crippen LogP) is 3.50. The lowest BCUT2D eigenvalue weighted by Crippen LogP contribution is -2.35. The molecule has 0 N–H and O–H groups in total. The summed E-state index contributed by atoms with van der Waals surface area (Å²) in [7, 11) is 0. The molecule has 3 rings (SSSR count). The average molecular weight is 328 g/mol. The molecule has 1 aliphatic heterocycles. The minimum absolute atomic E-state index is 0.0799. The zero-order chi connectivity index (χ0) is 14.8. The molecule has 0 radical (unpaired) electrons. The van der Waals surface area contributed by atoms with Crippen LogP contribution in [0.2, 0.25) is 0 Å². The van der Waals surface area contributed by atoms with Gasteiger partial charge in [-0.3, -0.25) is 9.78 Å². The van der Waals surface area contributed by atoms with E-state index in [4.69, 9.17) is 0 Å². The number of thiophene rings is 1. The average Bonchev–Trinajstić information content (AvgIpc) is 2.93. The largest absolute Gasteiger partial charge is 0.433 e. The highest BCUT2D eigenvalue weighted by Gasteiger charge is 2.27. The monoisotopic (exact) mass is 328 g/mol.